The predicted octanol–water partition coefficient (Wildman–Crippen LogP) is 2.46. The molecule has 1 aromatic heterocycles. The summed E-state index contributed by atoms with van der Waals surface area (Å²) in [5.41, 5.74) is 7.33. The third-order valence-electron chi connectivity index (χ3n) is 4.97. The van der Waals surface area contributed by atoms with Gasteiger partial charge < -0.3 is 20.7 Å². The van der Waals surface area contributed by atoms with Crippen LogP contribution in [0.25, 0.3) is 5.69 Å². The van der Waals surface area contributed by atoms with Crippen LogP contribution in [0.4, 0.5) is 10.6 Å². The number of likely N-dealkylation sites (tertiary alicyclic amines) is 1. The van der Waals surface area contributed by atoms with E-state index in [4.69, 9.17) is 15.7 Å². The molecule has 0 spiro atoms. The Bertz CT molecular complexity index is 962. The standard InChI is InChI=1S/C21H26N6O3/c1-14(2)25-21(29)30-13-18-7-3-4-9-26(18)20(28)15-6-5-8-17(10-15)27-19(23)16(11-22)12-24-27/h5-6,8,10,12,14,18H,3-4,7,9,13,23H2,1-2H3,(H,25,29). The smallest absolute Gasteiger partial charge is 0.407 e. The van der Waals surface area contributed by atoms with Crippen LogP contribution in [0.15, 0.2) is 30.5 Å². The quantitative estimate of drug-likeness (QED) is 0.780. The van der Waals surface area contributed by atoms with Gasteiger partial charge in [0.2, 0.25) is 0 Å². The molecule has 1 aromatic carbocycles. The van der Waals surface area contributed by atoms with E-state index in [-0.39, 0.29) is 36.0 Å². The van der Waals surface area contributed by atoms with Gasteiger partial charge in [-0.05, 0) is 51.3 Å². The van der Waals surface area contributed by atoms with Gasteiger partial charge in [-0.2, -0.15) is 10.4 Å². The molecule has 0 aliphatic carbocycles. The highest BCUT2D eigenvalue weighted by atomic mass is 16.5. The molecule has 1 unspecified atom stereocenters. The van der Waals surface area contributed by atoms with Crippen molar-refractivity contribution in [1.29, 1.82) is 5.26 Å². The van der Waals surface area contributed by atoms with E-state index in [9.17, 15) is 9.59 Å². The van der Waals surface area contributed by atoms with Crippen molar-refractivity contribution in [3.8, 4) is 11.8 Å². The molecule has 2 amide bonds. The molecular weight excluding hydrogens is 384 g/mol. The first-order valence-electron chi connectivity index (χ1n) is 9.99. The average molecular weight is 410 g/mol. The lowest BCUT2D eigenvalue weighted by Gasteiger charge is -2.35. The number of piperidine rings is 1. The highest BCUT2D eigenvalue weighted by Crippen LogP contribution is 2.22. The Morgan fingerprint density at radius 1 is 1.40 bits per heavy atom. The van der Waals surface area contributed by atoms with Gasteiger partial charge in [-0.1, -0.05) is 6.07 Å². The average Bonchev–Trinajstić information content (AvgIpc) is 3.12. The highest BCUT2D eigenvalue weighted by molar-refractivity contribution is 5.95. The lowest BCUT2D eigenvalue weighted by Crippen LogP contribution is -2.47. The van der Waals surface area contributed by atoms with Crippen LogP contribution in [-0.2, 0) is 4.74 Å². The third-order valence-corrected chi connectivity index (χ3v) is 4.97. The topological polar surface area (TPSA) is 126 Å². The maximum atomic E-state index is 13.2. The van der Waals surface area contributed by atoms with Crippen LogP contribution in [0, 0.1) is 11.3 Å². The Morgan fingerprint density at radius 3 is 2.90 bits per heavy atom. The second kappa shape index (κ2) is 9.31. The number of amides is 2. The molecule has 30 heavy (non-hydrogen) atoms. The summed E-state index contributed by atoms with van der Waals surface area (Å²) in [5, 5.41) is 15.9. The largest absolute Gasteiger partial charge is 0.447 e. The lowest BCUT2D eigenvalue weighted by atomic mass is 10.0. The normalized spacial score (nSPS) is 16.2. The number of carbonyl (C=O) groups is 2. The Hall–Kier alpha value is -3.54. The summed E-state index contributed by atoms with van der Waals surface area (Å²) in [6, 6.07) is 8.75. The van der Waals surface area contributed by atoms with Crippen molar-refractivity contribution in [2.45, 2.75) is 45.2 Å². The van der Waals surface area contributed by atoms with Crippen LogP contribution >= 0.6 is 0 Å². The minimum atomic E-state index is -0.479. The molecule has 3 rings (SSSR count). The molecule has 1 aliphatic rings. The highest BCUT2D eigenvalue weighted by Gasteiger charge is 2.29. The van der Waals surface area contributed by atoms with E-state index in [0.29, 0.717) is 17.8 Å². The molecule has 0 saturated carbocycles. The number of hydrogen-bond acceptors (Lipinski definition) is 6. The first kappa shape index (κ1) is 21.2. The number of alkyl carbamates (subject to hydrolysis) is 1. The molecule has 0 radical (unpaired) electrons. The fraction of sp³-hybridized carbons (Fsp3) is 0.429. The van der Waals surface area contributed by atoms with Crippen LogP contribution in [0.2, 0.25) is 0 Å². The number of nitrogens with two attached hydrogens (primary N) is 1. The van der Waals surface area contributed by atoms with Crippen molar-refractivity contribution in [3.63, 3.8) is 0 Å². The van der Waals surface area contributed by atoms with E-state index in [0.717, 1.165) is 19.3 Å². The monoisotopic (exact) mass is 410 g/mol. The minimum absolute atomic E-state index is 0.0133. The summed E-state index contributed by atoms with van der Waals surface area (Å²) in [5.74, 6) is 0.0863. The zero-order valence-electron chi connectivity index (χ0n) is 17.2. The number of hydrogen-bond donors (Lipinski definition) is 2. The Labute approximate surface area is 175 Å². The number of nitrogens with one attached hydrogen (secondary N) is 1. The Morgan fingerprint density at radius 2 is 2.20 bits per heavy atom. The van der Waals surface area contributed by atoms with Gasteiger partial charge in [0.1, 0.15) is 24.1 Å². The number of nitriles is 1. The maximum absolute atomic E-state index is 13.2. The number of rotatable bonds is 5. The first-order valence-corrected chi connectivity index (χ1v) is 9.99. The molecule has 9 heteroatoms. The SMILES string of the molecule is CC(C)NC(=O)OCC1CCCCN1C(=O)c1cccc(-n2ncc(C#N)c2N)c1. The second-order valence-electron chi connectivity index (χ2n) is 7.56. The molecule has 1 fully saturated rings. The molecule has 9 nitrogen and oxygen atoms in total. The van der Waals surface area contributed by atoms with Gasteiger partial charge in [0.15, 0.2) is 0 Å². The van der Waals surface area contributed by atoms with E-state index in [2.05, 4.69) is 10.4 Å². The Balaban J connectivity index is 1.76. The summed E-state index contributed by atoms with van der Waals surface area (Å²) in [6.45, 7) is 4.47. The fourth-order valence-corrected chi connectivity index (χ4v) is 3.48. The molecule has 158 valence electrons. The number of benzene rings is 1. The number of aromatic nitrogens is 2. The number of ether oxygens (including phenoxy) is 1. The predicted molar refractivity (Wildman–Crippen MR) is 111 cm³/mol. The summed E-state index contributed by atoms with van der Waals surface area (Å²) in [6.07, 6.45) is 3.57. The van der Waals surface area contributed by atoms with Crippen molar-refractivity contribution in [2.24, 2.45) is 0 Å². The summed E-state index contributed by atoms with van der Waals surface area (Å²) in [7, 11) is 0. The molecule has 1 aliphatic heterocycles. The van der Waals surface area contributed by atoms with Crippen molar-refractivity contribution in [3.05, 3.63) is 41.6 Å². The van der Waals surface area contributed by atoms with Crippen molar-refractivity contribution in [2.75, 3.05) is 18.9 Å². The molecule has 0 bridgehead atoms. The maximum Gasteiger partial charge on any atom is 0.407 e. The minimum Gasteiger partial charge on any atom is -0.447 e. The summed E-state index contributed by atoms with van der Waals surface area (Å²) >= 11 is 0. The zero-order valence-corrected chi connectivity index (χ0v) is 17.2. The van der Waals surface area contributed by atoms with Crippen LogP contribution in [0.3, 0.4) is 0 Å². The van der Waals surface area contributed by atoms with Gasteiger partial charge in [-0.25, -0.2) is 9.48 Å². The Kier molecular flexibility index (Phi) is 6.57. The molecule has 1 saturated heterocycles. The molecule has 1 atom stereocenters. The van der Waals surface area contributed by atoms with Crippen molar-refractivity contribution in [1.82, 2.24) is 20.0 Å². The second-order valence-corrected chi connectivity index (χ2v) is 7.56. The number of nitrogens with zero attached hydrogens (tertiary/aromatic N) is 4. The molecule has 2 aromatic rings. The van der Waals surface area contributed by atoms with Crippen LogP contribution in [0.1, 0.15) is 49.0 Å². The van der Waals surface area contributed by atoms with Crippen LogP contribution in [-0.4, -0.2) is 51.9 Å². The fourth-order valence-electron chi connectivity index (χ4n) is 3.48. The summed E-state index contributed by atoms with van der Waals surface area (Å²) in [4.78, 5) is 26.8. The van der Waals surface area contributed by atoms with Crippen molar-refractivity contribution >= 4 is 17.8 Å². The van der Waals surface area contributed by atoms with Gasteiger partial charge in [0.05, 0.1) is 17.9 Å². The number of nitrogen functional groups attached to an aromatic ring is 1. The van der Waals surface area contributed by atoms with Crippen LogP contribution in [0.5, 0.6) is 0 Å². The third kappa shape index (κ3) is 4.71. The lowest BCUT2D eigenvalue weighted by molar-refractivity contribution is 0.0446. The zero-order chi connectivity index (χ0) is 21.7. The first-order chi connectivity index (χ1) is 14.4. The molecule has 3 N–H and O–H groups in total. The van der Waals surface area contributed by atoms with E-state index in [1.54, 1.807) is 29.2 Å². The van der Waals surface area contributed by atoms with E-state index < -0.39 is 6.09 Å². The van der Waals surface area contributed by atoms with Gasteiger partial charge in [0.25, 0.3) is 5.91 Å². The number of carbonyl (C=O) groups excluding carboxylic acids is 2. The molecular formula is C21H26N6O3. The van der Waals surface area contributed by atoms with Gasteiger partial charge in [-0.15, -0.1) is 0 Å². The van der Waals surface area contributed by atoms with Gasteiger partial charge in [-0.3, -0.25) is 4.79 Å². The van der Waals surface area contributed by atoms with Crippen LogP contribution < -0.4 is 11.1 Å². The van der Waals surface area contributed by atoms with Gasteiger partial charge in [0, 0.05) is 18.2 Å². The van der Waals surface area contributed by atoms with Crippen molar-refractivity contribution < 1.29 is 14.3 Å². The number of anilines is 1. The van der Waals surface area contributed by atoms with E-state index in [1.165, 1.54) is 10.9 Å². The van der Waals surface area contributed by atoms with E-state index in [1.807, 2.05) is 19.9 Å². The van der Waals surface area contributed by atoms with E-state index >= 15 is 0 Å². The molecule has 2 heterocycles. The van der Waals surface area contributed by atoms with Gasteiger partial charge >= 0.3 is 6.09 Å². The summed E-state index contributed by atoms with van der Waals surface area (Å²) < 4.78 is 6.76.